The smallest absolute Gasteiger partial charge is 0.180 e. The summed E-state index contributed by atoms with van der Waals surface area (Å²) in [6.07, 6.45) is 3.73. The molecular weight excluding hydrogens is 467 g/mol. The van der Waals surface area contributed by atoms with Gasteiger partial charge in [0.05, 0.1) is 5.57 Å². The van der Waals surface area contributed by atoms with E-state index < -0.39 is 5.92 Å². The maximum Gasteiger partial charge on any atom is 0.180 e. The second kappa shape index (κ2) is 7.40. The van der Waals surface area contributed by atoms with Gasteiger partial charge in [0, 0.05) is 57.7 Å². The fourth-order valence-corrected chi connectivity index (χ4v) is 6.02. The number of anilines is 2. The minimum atomic E-state index is -0.653. The van der Waals surface area contributed by atoms with Crippen LogP contribution in [0.5, 0.6) is 0 Å². The number of rotatable bonds is 2. The van der Waals surface area contributed by atoms with Crippen LogP contribution in [0.2, 0.25) is 10.0 Å². The van der Waals surface area contributed by atoms with Crippen molar-refractivity contribution in [2.75, 3.05) is 23.9 Å². The standard InChI is InChI=1S/C28H28Cl2N2O2/c1-27(2)19-11-15(29)7-9-21(19)31(5)23(27)13-17-25(33)18(26(17)34)14-24-28(3,4)20-12-16(30)8-10-22(20)32(24)6/h7-14,17,33H,1-6H3/b23-13-,24-14-. The molecule has 0 spiro atoms. The van der Waals surface area contributed by atoms with Crippen LogP contribution >= 0.6 is 23.2 Å². The van der Waals surface area contributed by atoms with Crippen molar-refractivity contribution >= 4 is 40.4 Å². The molecule has 3 aliphatic rings. The first-order chi connectivity index (χ1) is 15.9. The molecule has 1 aliphatic carbocycles. The Morgan fingerprint density at radius 3 is 1.82 bits per heavy atom. The Balaban J connectivity index is 1.51. The topological polar surface area (TPSA) is 43.8 Å². The van der Waals surface area contributed by atoms with Crippen LogP contribution in [0.25, 0.3) is 0 Å². The largest absolute Gasteiger partial charge is 0.510 e. The van der Waals surface area contributed by atoms with E-state index in [1.807, 2.05) is 62.6 Å². The summed E-state index contributed by atoms with van der Waals surface area (Å²) in [5.41, 5.74) is 5.93. The molecule has 6 heteroatoms. The van der Waals surface area contributed by atoms with Gasteiger partial charge in [0.2, 0.25) is 0 Å². The van der Waals surface area contributed by atoms with Gasteiger partial charge < -0.3 is 14.9 Å². The molecule has 1 unspecified atom stereocenters. The van der Waals surface area contributed by atoms with Gasteiger partial charge in [0.25, 0.3) is 0 Å². The number of carbonyl (C=O) groups is 1. The highest BCUT2D eigenvalue weighted by atomic mass is 35.5. The zero-order valence-electron chi connectivity index (χ0n) is 20.2. The number of nitrogens with zero attached hydrogens (tertiary/aromatic N) is 2. The number of hydrogen-bond acceptors (Lipinski definition) is 4. The van der Waals surface area contributed by atoms with E-state index in [2.05, 4.69) is 37.5 Å². The molecule has 0 saturated carbocycles. The molecule has 0 fully saturated rings. The van der Waals surface area contributed by atoms with Crippen molar-refractivity contribution in [2.24, 2.45) is 5.92 Å². The fourth-order valence-electron chi connectivity index (χ4n) is 5.68. The Hall–Kier alpha value is -2.69. The molecule has 1 N–H and O–H groups in total. The molecule has 5 rings (SSSR count). The molecule has 2 aliphatic heterocycles. The molecule has 176 valence electrons. The van der Waals surface area contributed by atoms with Crippen molar-refractivity contribution in [3.05, 3.63) is 92.4 Å². The molecule has 2 aromatic rings. The lowest BCUT2D eigenvalue weighted by atomic mass is 9.76. The Morgan fingerprint density at radius 1 is 0.853 bits per heavy atom. The number of hydrogen-bond donors (Lipinski definition) is 1. The van der Waals surface area contributed by atoms with Crippen molar-refractivity contribution in [3.63, 3.8) is 0 Å². The van der Waals surface area contributed by atoms with Crippen LogP contribution in [-0.4, -0.2) is 25.0 Å². The minimum absolute atomic E-state index is 0.0751. The molecule has 0 saturated heterocycles. The van der Waals surface area contributed by atoms with Gasteiger partial charge >= 0.3 is 0 Å². The van der Waals surface area contributed by atoms with Gasteiger partial charge in [-0.15, -0.1) is 0 Å². The molecule has 2 aromatic carbocycles. The van der Waals surface area contributed by atoms with E-state index in [-0.39, 0.29) is 22.4 Å². The first-order valence-corrected chi connectivity index (χ1v) is 12.1. The lowest BCUT2D eigenvalue weighted by Crippen LogP contribution is -2.33. The van der Waals surface area contributed by atoms with Crippen LogP contribution in [0.3, 0.4) is 0 Å². The molecule has 0 radical (unpaired) electrons. The summed E-state index contributed by atoms with van der Waals surface area (Å²) in [6, 6.07) is 11.7. The van der Waals surface area contributed by atoms with E-state index in [0.717, 1.165) is 33.9 Å². The van der Waals surface area contributed by atoms with Gasteiger partial charge in [-0.05, 0) is 59.7 Å². The summed E-state index contributed by atoms with van der Waals surface area (Å²) in [5.74, 6) is -0.616. The van der Waals surface area contributed by atoms with Gasteiger partial charge in [-0.3, -0.25) is 4.79 Å². The number of aliphatic hydroxyl groups is 1. The van der Waals surface area contributed by atoms with E-state index in [1.54, 1.807) is 0 Å². The lowest BCUT2D eigenvalue weighted by Gasteiger charge is -2.31. The third kappa shape index (κ3) is 3.08. The fraction of sp³-hybridized carbons (Fsp3) is 0.321. The quantitative estimate of drug-likeness (QED) is 0.491. The number of benzene rings is 2. The number of aliphatic hydroxyl groups excluding tert-OH is 1. The normalized spacial score (nSPS) is 24.7. The SMILES string of the molecule is CN1/C(=C\C2=C(O)C(/C=C3\N(C)c4ccc(Cl)cc4C3(C)C)C2=O)C(C)(C)c2cc(Cl)ccc21. The van der Waals surface area contributed by atoms with Crippen molar-refractivity contribution in [2.45, 2.75) is 38.5 Å². The van der Waals surface area contributed by atoms with Crippen molar-refractivity contribution in [1.82, 2.24) is 0 Å². The van der Waals surface area contributed by atoms with Crippen LogP contribution in [0.1, 0.15) is 38.8 Å². The average Bonchev–Trinajstić information content (AvgIpc) is 3.07. The van der Waals surface area contributed by atoms with Gasteiger partial charge in [-0.25, -0.2) is 0 Å². The highest BCUT2D eigenvalue weighted by Gasteiger charge is 2.45. The van der Waals surface area contributed by atoms with Gasteiger partial charge in [-0.1, -0.05) is 50.9 Å². The maximum absolute atomic E-state index is 13.3. The van der Waals surface area contributed by atoms with Crippen molar-refractivity contribution in [3.8, 4) is 0 Å². The maximum atomic E-state index is 13.3. The third-order valence-corrected chi connectivity index (χ3v) is 8.18. The summed E-state index contributed by atoms with van der Waals surface area (Å²) >= 11 is 12.5. The second-order valence-corrected chi connectivity index (χ2v) is 11.3. The summed E-state index contributed by atoms with van der Waals surface area (Å²) < 4.78 is 0. The number of Topliss-reactive ketones (excluding diaryl/α,β-unsaturated/α-hetero) is 1. The van der Waals surface area contributed by atoms with Gasteiger partial charge in [0.1, 0.15) is 11.7 Å². The first kappa shape index (κ1) is 23.1. The summed E-state index contributed by atoms with van der Waals surface area (Å²) in [5, 5.41) is 12.3. The summed E-state index contributed by atoms with van der Waals surface area (Å²) in [4.78, 5) is 17.4. The van der Waals surface area contributed by atoms with Gasteiger partial charge in [-0.2, -0.15) is 0 Å². The predicted molar refractivity (Wildman–Crippen MR) is 140 cm³/mol. The second-order valence-electron chi connectivity index (χ2n) is 10.4. The van der Waals surface area contributed by atoms with Crippen molar-refractivity contribution in [1.29, 1.82) is 0 Å². The zero-order valence-corrected chi connectivity index (χ0v) is 21.7. The summed E-state index contributed by atoms with van der Waals surface area (Å²) in [7, 11) is 3.96. The van der Waals surface area contributed by atoms with Crippen LogP contribution < -0.4 is 9.80 Å². The number of likely N-dealkylation sites (N-methyl/N-ethyl adjacent to an activating group) is 2. The van der Waals surface area contributed by atoms with E-state index >= 15 is 0 Å². The molecule has 0 bridgehead atoms. The average molecular weight is 495 g/mol. The van der Waals surface area contributed by atoms with Crippen molar-refractivity contribution < 1.29 is 9.90 Å². The Bertz CT molecular complexity index is 1350. The summed E-state index contributed by atoms with van der Waals surface area (Å²) in [6.45, 7) is 8.44. The third-order valence-electron chi connectivity index (χ3n) is 7.71. The van der Waals surface area contributed by atoms with Gasteiger partial charge in [0.15, 0.2) is 5.78 Å². The Kier molecular flexibility index (Phi) is 5.02. The zero-order chi connectivity index (χ0) is 24.7. The lowest BCUT2D eigenvalue weighted by molar-refractivity contribution is -0.120. The molecule has 4 nitrogen and oxygen atoms in total. The number of carbonyl (C=O) groups excluding carboxylic acids is 1. The van der Waals surface area contributed by atoms with Crippen LogP contribution in [0, 0.1) is 5.92 Å². The molecule has 1 atom stereocenters. The highest BCUT2D eigenvalue weighted by Crippen LogP contribution is 2.51. The molecule has 0 aromatic heterocycles. The number of ketones is 1. The molecular formula is C28H28Cl2N2O2. The Labute approximate surface area is 210 Å². The monoisotopic (exact) mass is 494 g/mol. The van der Waals surface area contributed by atoms with Crippen LogP contribution in [-0.2, 0) is 15.6 Å². The molecule has 2 heterocycles. The van der Waals surface area contributed by atoms with Crippen LogP contribution in [0.4, 0.5) is 11.4 Å². The highest BCUT2D eigenvalue weighted by molar-refractivity contribution is 6.31. The van der Waals surface area contributed by atoms with E-state index in [4.69, 9.17) is 23.2 Å². The first-order valence-electron chi connectivity index (χ1n) is 11.3. The number of fused-ring (bicyclic) bond motifs is 2. The Morgan fingerprint density at radius 2 is 1.32 bits per heavy atom. The predicted octanol–water partition coefficient (Wildman–Crippen LogP) is 6.93. The minimum Gasteiger partial charge on any atom is -0.510 e. The van der Waals surface area contributed by atoms with E-state index in [0.29, 0.717) is 15.6 Å². The van der Waals surface area contributed by atoms with E-state index in [9.17, 15) is 9.90 Å². The number of halogens is 2. The van der Waals surface area contributed by atoms with Crippen LogP contribution in [0.15, 0.2) is 71.3 Å². The van der Waals surface area contributed by atoms with E-state index in [1.165, 1.54) is 0 Å². The number of allylic oxidation sites excluding steroid dienone is 5. The molecule has 34 heavy (non-hydrogen) atoms. The molecule has 0 amide bonds.